The minimum atomic E-state index is -0.171. The summed E-state index contributed by atoms with van der Waals surface area (Å²) in [7, 11) is 5.45. The van der Waals surface area contributed by atoms with Gasteiger partial charge in [0.25, 0.3) is 5.91 Å². The summed E-state index contributed by atoms with van der Waals surface area (Å²) >= 11 is 3.39. The van der Waals surface area contributed by atoms with Crippen LogP contribution in [0.5, 0.6) is 5.75 Å². The van der Waals surface area contributed by atoms with Gasteiger partial charge in [0.1, 0.15) is 5.75 Å². The summed E-state index contributed by atoms with van der Waals surface area (Å²) in [6, 6.07) is 12.9. The average Bonchev–Trinajstić information content (AvgIpc) is 2.47. The topological polar surface area (TPSA) is 41.6 Å². The lowest BCUT2D eigenvalue weighted by Gasteiger charge is -2.14. The number of amides is 1. The van der Waals surface area contributed by atoms with Crippen molar-refractivity contribution in [1.29, 1.82) is 0 Å². The average molecular weight is 349 g/mol. The summed E-state index contributed by atoms with van der Waals surface area (Å²) in [6.07, 6.45) is 0. The molecule has 0 bridgehead atoms. The van der Waals surface area contributed by atoms with Crippen molar-refractivity contribution in [3.05, 3.63) is 52.5 Å². The van der Waals surface area contributed by atoms with Gasteiger partial charge in [0.05, 0.1) is 12.8 Å². The number of anilines is 2. The van der Waals surface area contributed by atoms with E-state index < -0.39 is 0 Å². The molecule has 21 heavy (non-hydrogen) atoms. The fraction of sp³-hybridized carbons (Fsp3) is 0.188. The van der Waals surface area contributed by atoms with Crippen LogP contribution in [0.3, 0.4) is 0 Å². The van der Waals surface area contributed by atoms with Crippen molar-refractivity contribution >= 4 is 33.2 Å². The van der Waals surface area contributed by atoms with Gasteiger partial charge in [-0.05, 0) is 36.4 Å². The number of hydrogen-bond acceptors (Lipinski definition) is 3. The van der Waals surface area contributed by atoms with Crippen LogP contribution in [0.25, 0.3) is 0 Å². The normalized spacial score (nSPS) is 10.1. The number of methoxy groups -OCH3 is 1. The summed E-state index contributed by atoms with van der Waals surface area (Å²) in [4.78, 5) is 14.3. The Labute approximate surface area is 132 Å². The van der Waals surface area contributed by atoms with Crippen LogP contribution in [0.2, 0.25) is 0 Å². The second-order valence-corrected chi connectivity index (χ2v) is 5.66. The fourth-order valence-corrected chi connectivity index (χ4v) is 2.26. The van der Waals surface area contributed by atoms with E-state index in [9.17, 15) is 4.79 Å². The first-order valence-electron chi connectivity index (χ1n) is 6.43. The second-order valence-electron chi connectivity index (χ2n) is 4.74. The van der Waals surface area contributed by atoms with Gasteiger partial charge in [-0.3, -0.25) is 4.79 Å². The fourth-order valence-electron chi connectivity index (χ4n) is 1.90. The van der Waals surface area contributed by atoms with Crippen LogP contribution in [0, 0.1) is 0 Å². The molecule has 110 valence electrons. The molecule has 0 saturated carbocycles. The first kappa shape index (κ1) is 15.4. The number of ether oxygens (including phenoxy) is 1. The third kappa shape index (κ3) is 3.76. The highest BCUT2D eigenvalue weighted by atomic mass is 79.9. The number of carbonyl (C=O) groups excluding carboxylic acids is 1. The van der Waals surface area contributed by atoms with E-state index in [4.69, 9.17) is 4.74 Å². The van der Waals surface area contributed by atoms with E-state index in [1.807, 2.05) is 49.3 Å². The smallest absolute Gasteiger partial charge is 0.255 e. The van der Waals surface area contributed by atoms with E-state index in [2.05, 4.69) is 21.2 Å². The molecule has 0 aromatic heterocycles. The van der Waals surface area contributed by atoms with Crippen LogP contribution < -0.4 is 15.0 Å². The van der Waals surface area contributed by atoms with Crippen molar-refractivity contribution in [2.24, 2.45) is 0 Å². The Kier molecular flexibility index (Phi) is 4.85. The molecule has 0 spiro atoms. The molecule has 4 nitrogen and oxygen atoms in total. The van der Waals surface area contributed by atoms with Gasteiger partial charge in [0, 0.05) is 29.8 Å². The molecule has 5 heteroatoms. The number of halogens is 1. The molecular weight excluding hydrogens is 332 g/mol. The van der Waals surface area contributed by atoms with Gasteiger partial charge < -0.3 is 15.0 Å². The largest absolute Gasteiger partial charge is 0.495 e. The first-order valence-corrected chi connectivity index (χ1v) is 7.23. The molecule has 0 radical (unpaired) electrons. The Morgan fingerprint density at radius 2 is 1.95 bits per heavy atom. The Balaban J connectivity index is 2.26. The van der Waals surface area contributed by atoms with Gasteiger partial charge in [0.2, 0.25) is 0 Å². The SMILES string of the molecule is COc1ccc(Br)cc1NC(=O)c1cccc(N(C)C)c1. The van der Waals surface area contributed by atoms with E-state index in [1.54, 1.807) is 19.2 Å². The molecule has 0 aliphatic carbocycles. The van der Waals surface area contributed by atoms with E-state index in [0.717, 1.165) is 10.2 Å². The van der Waals surface area contributed by atoms with Gasteiger partial charge in [-0.25, -0.2) is 0 Å². The molecule has 0 saturated heterocycles. The standard InChI is InChI=1S/C16H17BrN2O2/c1-19(2)13-6-4-5-11(9-13)16(20)18-14-10-12(17)7-8-15(14)21-3/h4-10H,1-3H3,(H,18,20). The molecule has 0 heterocycles. The first-order chi connectivity index (χ1) is 10.0. The molecule has 1 N–H and O–H groups in total. The molecule has 0 unspecified atom stereocenters. The van der Waals surface area contributed by atoms with Crippen LogP contribution in [0.1, 0.15) is 10.4 Å². The van der Waals surface area contributed by atoms with Crippen molar-refractivity contribution in [2.45, 2.75) is 0 Å². The number of hydrogen-bond donors (Lipinski definition) is 1. The molecule has 0 aliphatic rings. The zero-order valence-electron chi connectivity index (χ0n) is 12.2. The van der Waals surface area contributed by atoms with E-state index in [-0.39, 0.29) is 5.91 Å². The van der Waals surface area contributed by atoms with Crippen LogP contribution in [0.15, 0.2) is 46.9 Å². The summed E-state index contributed by atoms with van der Waals surface area (Å²) in [5, 5.41) is 2.87. The highest BCUT2D eigenvalue weighted by Gasteiger charge is 2.11. The summed E-state index contributed by atoms with van der Waals surface area (Å²) < 4.78 is 6.13. The molecule has 0 atom stereocenters. The molecular formula is C16H17BrN2O2. The summed E-state index contributed by atoms with van der Waals surface area (Å²) in [5.74, 6) is 0.449. The zero-order chi connectivity index (χ0) is 15.4. The lowest BCUT2D eigenvalue weighted by atomic mass is 10.1. The molecule has 1 amide bonds. The molecule has 2 aromatic rings. The number of benzene rings is 2. The van der Waals surface area contributed by atoms with E-state index >= 15 is 0 Å². The maximum atomic E-state index is 12.4. The highest BCUT2D eigenvalue weighted by Crippen LogP contribution is 2.28. The lowest BCUT2D eigenvalue weighted by Crippen LogP contribution is -2.14. The highest BCUT2D eigenvalue weighted by molar-refractivity contribution is 9.10. The Morgan fingerprint density at radius 3 is 2.62 bits per heavy atom. The second kappa shape index (κ2) is 6.63. The molecule has 2 rings (SSSR count). The third-order valence-electron chi connectivity index (χ3n) is 3.03. The molecule has 0 aliphatic heterocycles. The van der Waals surface area contributed by atoms with Crippen LogP contribution in [0.4, 0.5) is 11.4 Å². The van der Waals surface area contributed by atoms with Crippen molar-refractivity contribution in [3.63, 3.8) is 0 Å². The summed E-state index contributed by atoms with van der Waals surface area (Å²) in [6.45, 7) is 0. The van der Waals surface area contributed by atoms with Crippen molar-refractivity contribution in [1.82, 2.24) is 0 Å². The Hall–Kier alpha value is -2.01. The van der Waals surface area contributed by atoms with E-state index in [0.29, 0.717) is 17.0 Å². The van der Waals surface area contributed by atoms with Crippen molar-refractivity contribution in [3.8, 4) is 5.75 Å². The van der Waals surface area contributed by atoms with Gasteiger partial charge in [-0.1, -0.05) is 22.0 Å². The van der Waals surface area contributed by atoms with E-state index in [1.165, 1.54) is 0 Å². The van der Waals surface area contributed by atoms with Gasteiger partial charge in [0.15, 0.2) is 0 Å². The van der Waals surface area contributed by atoms with Gasteiger partial charge in [-0.2, -0.15) is 0 Å². The monoisotopic (exact) mass is 348 g/mol. The third-order valence-corrected chi connectivity index (χ3v) is 3.53. The molecule has 2 aromatic carbocycles. The zero-order valence-corrected chi connectivity index (χ0v) is 13.8. The van der Waals surface area contributed by atoms with Crippen LogP contribution >= 0.6 is 15.9 Å². The minimum absolute atomic E-state index is 0.171. The van der Waals surface area contributed by atoms with Gasteiger partial charge >= 0.3 is 0 Å². The predicted octanol–water partition coefficient (Wildman–Crippen LogP) is 3.78. The number of nitrogens with one attached hydrogen (secondary N) is 1. The van der Waals surface area contributed by atoms with Gasteiger partial charge in [-0.15, -0.1) is 0 Å². The van der Waals surface area contributed by atoms with Crippen molar-refractivity contribution < 1.29 is 9.53 Å². The minimum Gasteiger partial charge on any atom is -0.495 e. The lowest BCUT2D eigenvalue weighted by molar-refractivity contribution is 0.102. The number of rotatable bonds is 4. The number of nitrogens with zero attached hydrogens (tertiary/aromatic N) is 1. The van der Waals surface area contributed by atoms with Crippen molar-refractivity contribution in [2.75, 3.05) is 31.4 Å². The predicted molar refractivity (Wildman–Crippen MR) is 89.4 cm³/mol. The Bertz CT molecular complexity index is 656. The van der Waals surface area contributed by atoms with Crippen LogP contribution in [-0.4, -0.2) is 27.1 Å². The van der Waals surface area contributed by atoms with Crippen LogP contribution in [-0.2, 0) is 0 Å². The summed E-state index contributed by atoms with van der Waals surface area (Å²) in [5.41, 5.74) is 2.21. The molecule has 0 fully saturated rings. The maximum Gasteiger partial charge on any atom is 0.255 e. The Morgan fingerprint density at radius 1 is 1.19 bits per heavy atom. The maximum absolute atomic E-state index is 12.4. The quantitative estimate of drug-likeness (QED) is 0.914. The number of carbonyl (C=O) groups is 1.